The smallest absolute Gasteiger partial charge is 0.162 e. The number of hydrogen-bond donors (Lipinski definition) is 0. The van der Waals surface area contributed by atoms with Gasteiger partial charge in [-0.25, -0.2) is 0 Å². The van der Waals surface area contributed by atoms with E-state index in [0.717, 1.165) is 13.1 Å². The fourth-order valence-corrected chi connectivity index (χ4v) is 3.92. The largest absolute Gasteiger partial charge is 0.303 e. The Morgan fingerprint density at radius 3 is 2.83 bits per heavy atom. The first kappa shape index (κ1) is 15.3. The Balaban J connectivity index is 1.74. The van der Waals surface area contributed by atoms with E-state index < -0.39 is 0 Å². The lowest BCUT2D eigenvalue weighted by Crippen LogP contribution is -2.39. The van der Waals surface area contributed by atoms with Gasteiger partial charge in [0.2, 0.25) is 0 Å². The second-order valence-electron chi connectivity index (χ2n) is 6.60. The number of aromatic nitrogens is 4. The molecule has 0 spiro atoms. The Hall–Kier alpha value is -2.27. The summed E-state index contributed by atoms with van der Waals surface area (Å²) in [6, 6.07) is 15.4. The summed E-state index contributed by atoms with van der Waals surface area (Å²) >= 11 is 0. The zero-order valence-corrected chi connectivity index (χ0v) is 14.0. The van der Waals surface area contributed by atoms with Crippen LogP contribution in [0.2, 0.25) is 0 Å². The van der Waals surface area contributed by atoms with Crippen LogP contribution >= 0.6 is 0 Å². The second kappa shape index (κ2) is 6.69. The fraction of sp³-hybridized carbons (Fsp3) is 0.421. The van der Waals surface area contributed by atoms with Crippen LogP contribution in [-0.2, 0) is 0 Å². The van der Waals surface area contributed by atoms with E-state index in [4.69, 9.17) is 0 Å². The summed E-state index contributed by atoms with van der Waals surface area (Å²) in [5, 5.41) is 15.1. The van der Waals surface area contributed by atoms with Gasteiger partial charge in [-0.2, -0.15) is 4.80 Å². The van der Waals surface area contributed by atoms with Crippen molar-refractivity contribution in [3.05, 3.63) is 54.4 Å². The molecule has 2 atom stereocenters. The third-order valence-corrected chi connectivity index (χ3v) is 5.16. The van der Waals surface area contributed by atoms with Gasteiger partial charge in [0.25, 0.3) is 0 Å². The van der Waals surface area contributed by atoms with E-state index >= 15 is 0 Å². The minimum Gasteiger partial charge on any atom is -0.303 e. The molecule has 124 valence electrons. The predicted octanol–water partition coefficient (Wildman–Crippen LogP) is 3.15. The molecule has 24 heavy (non-hydrogen) atoms. The van der Waals surface area contributed by atoms with Crippen LogP contribution in [0.5, 0.6) is 0 Å². The standard InChI is InChI=1S/C19H23N5/c1-2-23-11-5-8-18(13-23)19(24-21-14-20-22-24)17-10-9-15-6-3-4-7-16(15)12-17/h3-4,6-7,9-10,12,14,18-19H,2,5,8,11,13H2,1H3/t18-,19+/m0/s1. The highest BCUT2D eigenvalue weighted by Gasteiger charge is 2.30. The minimum atomic E-state index is 0.145. The quantitative estimate of drug-likeness (QED) is 0.740. The van der Waals surface area contributed by atoms with Gasteiger partial charge in [-0.15, -0.1) is 10.2 Å². The molecule has 0 aliphatic carbocycles. The molecular formula is C19H23N5. The molecule has 1 aliphatic rings. The Morgan fingerprint density at radius 2 is 2.04 bits per heavy atom. The monoisotopic (exact) mass is 321 g/mol. The maximum atomic E-state index is 4.38. The number of tetrazole rings is 1. The van der Waals surface area contributed by atoms with E-state index in [0.29, 0.717) is 5.92 Å². The second-order valence-corrected chi connectivity index (χ2v) is 6.60. The molecule has 0 unspecified atom stereocenters. The highest BCUT2D eigenvalue weighted by molar-refractivity contribution is 5.83. The minimum absolute atomic E-state index is 0.145. The number of nitrogens with zero attached hydrogens (tertiary/aromatic N) is 5. The lowest BCUT2D eigenvalue weighted by Gasteiger charge is -2.36. The molecule has 1 saturated heterocycles. The summed E-state index contributed by atoms with van der Waals surface area (Å²) < 4.78 is 0. The van der Waals surface area contributed by atoms with E-state index in [1.165, 1.54) is 42.0 Å². The van der Waals surface area contributed by atoms with Crippen LogP contribution in [0.15, 0.2) is 48.8 Å². The summed E-state index contributed by atoms with van der Waals surface area (Å²) in [6.07, 6.45) is 3.97. The van der Waals surface area contributed by atoms with E-state index in [1.807, 2.05) is 0 Å². The van der Waals surface area contributed by atoms with Crippen LogP contribution < -0.4 is 0 Å². The van der Waals surface area contributed by atoms with Gasteiger partial charge < -0.3 is 4.90 Å². The van der Waals surface area contributed by atoms with Crippen molar-refractivity contribution in [2.24, 2.45) is 5.92 Å². The molecule has 3 aromatic rings. The third-order valence-electron chi connectivity index (χ3n) is 5.16. The first-order valence-corrected chi connectivity index (χ1v) is 8.78. The summed E-state index contributed by atoms with van der Waals surface area (Å²) in [7, 11) is 0. The number of hydrogen-bond acceptors (Lipinski definition) is 4. The highest BCUT2D eigenvalue weighted by atomic mass is 15.6. The zero-order chi connectivity index (χ0) is 16.4. The van der Waals surface area contributed by atoms with Crippen molar-refractivity contribution in [1.29, 1.82) is 0 Å². The van der Waals surface area contributed by atoms with Crippen LogP contribution in [-0.4, -0.2) is 44.7 Å². The van der Waals surface area contributed by atoms with Gasteiger partial charge in [0.1, 0.15) is 6.04 Å². The lowest BCUT2D eigenvalue weighted by molar-refractivity contribution is 0.144. The molecule has 1 fully saturated rings. The van der Waals surface area contributed by atoms with Gasteiger partial charge in [0, 0.05) is 12.5 Å². The van der Waals surface area contributed by atoms with Crippen LogP contribution in [0.3, 0.4) is 0 Å². The van der Waals surface area contributed by atoms with Crippen molar-refractivity contribution in [1.82, 2.24) is 25.1 Å². The lowest BCUT2D eigenvalue weighted by atomic mass is 9.86. The van der Waals surface area contributed by atoms with Crippen molar-refractivity contribution in [2.45, 2.75) is 25.8 Å². The average molecular weight is 321 g/mol. The molecule has 0 amide bonds. The first-order chi connectivity index (χ1) is 11.8. The molecule has 2 aromatic carbocycles. The van der Waals surface area contributed by atoms with Gasteiger partial charge in [0.05, 0.1) is 0 Å². The number of piperidine rings is 1. The van der Waals surface area contributed by atoms with Gasteiger partial charge in [-0.05, 0) is 53.5 Å². The van der Waals surface area contributed by atoms with E-state index in [-0.39, 0.29) is 6.04 Å². The SMILES string of the molecule is CCN1CCC[C@H]([C@@H](c2ccc3ccccc3c2)n2ncnn2)C1. The molecule has 5 heteroatoms. The molecule has 0 N–H and O–H groups in total. The Bertz CT molecular complexity index is 798. The number of likely N-dealkylation sites (tertiary alicyclic amines) is 1. The number of fused-ring (bicyclic) bond motifs is 1. The summed E-state index contributed by atoms with van der Waals surface area (Å²) in [6.45, 7) is 5.63. The van der Waals surface area contributed by atoms with E-state index in [2.05, 4.69) is 69.7 Å². The molecule has 1 aliphatic heterocycles. The Labute approximate surface area is 142 Å². The molecule has 5 nitrogen and oxygen atoms in total. The molecular weight excluding hydrogens is 298 g/mol. The summed E-state index contributed by atoms with van der Waals surface area (Å²) in [4.78, 5) is 4.33. The zero-order valence-electron chi connectivity index (χ0n) is 14.0. The van der Waals surface area contributed by atoms with Crippen LogP contribution in [0.25, 0.3) is 10.8 Å². The third kappa shape index (κ3) is 2.91. The van der Waals surface area contributed by atoms with Gasteiger partial charge in [-0.3, -0.25) is 0 Å². The normalized spacial score (nSPS) is 20.3. The van der Waals surface area contributed by atoms with Crippen LogP contribution in [0.4, 0.5) is 0 Å². The molecule has 4 rings (SSSR count). The highest BCUT2D eigenvalue weighted by Crippen LogP contribution is 2.33. The van der Waals surface area contributed by atoms with Crippen LogP contribution in [0, 0.1) is 5.92 Å². The molecule has 0 bridgehead atoms. The summed E-state index contributed by atoms with van der Waals surface area (Å²) in [5.74, 6) is 0.508. The van der Waals surface area contributed by atoms with Crippen molar-refractivity contribution in [3.63, 3.8) is 0 Å². The number of benzene rings is 2. The molecule has 1 aromatic heterocycles. The van der Waals surface area contributed by atoms with Crippen molar-refractivity contribution in [3.8, 4) is 0 Å². The van der Waals surface area contributed by atoms with Crippen molar-refractivity contribution >= 4 is 10.8 Å². The Morgan fingerprint density at radius 1 is 1.17 bits per heavy atom. The van der Waals surface area contributed by atoms with Crippen molar-refractivity contribution < 1.29 is 0 Å². The van der Waals surface area contributed by atoms with Crippen LogP contribution in [0.1, 0.15) is 31.4 Å². The van der Waals surface area contributed by atoms with Gasteiger partial charge >= 0.3 is 0 Å². The topological polar surface area (TPSA) is 46.8 Å². The predicted molar refractivity (Wildman–Crippen MR) is 94.7 cm³/mol. The summed E-state index contributed by atoms with van der Waals surface area (Å²) in [5.41, 5.74) is 1.27. The average Bonchev–Trinajstić information content (AvgIpc) is 3.16. The first-order valence-electron chi connectivity index (χ1n) is 8.78. The number of rotatable bonds is 4. The van der Waals surface area contributed by atoms with E-state index in [9.17, 15) is 0 Å². The fourth-order valence-electron chi connectivity index (χ4n) is 3.92. The molecule has 2 heterocycles. The maximum absolute atomic E-state index is 4.38. The maximum Gasteiger partial charge on any atom is 0.162 e. The molecule has 0 saturated carbocycles. The van der Waals surface area contributed by atoms with E-state index in [1.54, 1.807) is 4.80 Å². The van der Waals surface area contributed by atoms with Gasteiger partial charge in [-0.1, -0.05) is 43.3 Å². The van der Waals surface area contributed by atoms with Gasteiger partial charge in [0.15, 0.2) is 6.33 Å². The van der Waals surface area contributed by atoms with Crippen molar-refractivity contribution in [2.75, 3.05) is 19.6 Å². The Kier molecular flexibility index (Phi) is 4.26. The molecule has 0 radical (unpaired) electrons.